The average Bonchev–Trinajstić information content (AvgIpc) is 2.61. The highest BCUT2D eigenvalue weighted by molar-refractivity contribution is 7.89. The fraction of sp³-hybridized carbons (Fsp3) is 0.667. The molecule has 0 unspecified atom stereocenters. The minimum absolute atomic E-state index is 0.188. The van der Waals surface area contributed by atoms with Crippen molar-refractivity contribution in [2.75, 3.05) is 39.9 Å². The van der Waals surface area contributed by atoms with E-state index in [1.165, 1.54) is 7.11 Å². The summed E-state index contributed by atoms with van der Waals surface area (Å²) in [6.07, 6.45) is 2.08. The van der Waals surface area contributed by atoms with Crippen LogP contribution in [0.15, 0.2) is 23.1 Å². The number of methoxy groups -OCH3 is 1. The molecule has 1 saturated heterocycles. The van der Waals surface area contributed by atoms with Gasteiger partial charge in [-0.15, -0.1) is 0 Å². The van der Waals surface area contributed by atoms with Gasteiger partial charge in [-0.3, -0.25) is 0 Å². The molecule has 0 saturated carbocycles. The number of piperidine rings is 1. The van der Waals surface area contributed by atoms with Crippen molar-refractivity contribution in [2.24, 2.45) is 5.92 Å². The Balaban J connectivity index is 2.02. The summed E-state index contributed by atoms with van der Waals surface area (Å²) in [4.78, 5) is 2.39. The largest absolute Gasteiger partial charge is 0.495 e. The molecule has 0 bridgehead atoms. The number of benzene rings is 1. The SMILES string of the molecule is COc1ccc(C(C)C)cc1S(=O)(=O)NCCN1CCC[C@H](CO)C1. The summed E-state index contributed by atoms with van der Waals surface area (Å²) in [5.74, 6) is 0.895. The molecular weight excluding hydrogens is 340 g/mol. The summed E-state index contributed by atoms with van der Waals surface area (Å²) < 4.78 is 33.3. The van der Waals surface area contributed by atoms with Crippen molar-refractivity contribution >= 4 is 10.0 Å². The van der Waals surface area contributed by atoms with Crippen LogP contribution in [0.5, 0.6) is 5.75 Å². The van der Waals surface area contributed by atoms with E-state index in [9.17, 15) is 13.5 Å². The second-order valence-corrected chi connectivity index (χ2v) is 8.69. The second kappa shape index (κ2) is 8.98. The highest BCUT2D eigenvalue weighted by Crippen LogP contribution is 2.27. The first-order chi connectivity index (χ1) is 11.9. The van der Waals surface area contributed by atoms with Gasteiger partial charge in [0.25, 0.3) is 0 Å². The topological polar surface area (TPSA) is 78.9 Å². The van der Waals surface area contributed by atoms with E-state index in [-0.39, 0.29) is 17.4 Å². The van der Waals surface area contributed by atoms with Crippen LogP contribution in [0, 0.1) is 5.92 Å². The molecular formula is C18H30N2O4S. The minimum Gasteiger partial charge on any atom is -0.495 e. The third kappa shape index (κ3) is 5.41. The lowest BCUT2D eigenvalue weighted by atomic mass is 9.99. The average molecular weight is 371 g/mol. The number of likely N-dealkylation sites (tertiary alicyclic amines) is 1. The van der Waals surface area contributed by atoms with Crippen molar-refractivity contribution in [1.29, 1.82) is 0 Å². The van der Waals surface area contributed by atoms with Gasteiger partial charge in [-0.1, -0.05) is 19.9 Å². The number of nitrogens with zero attached hydrogens (tertiary/aromatic N) is 1. The maximum absolute atomic E-state index is 12.7. The third-order valence-corrected chi connectivity index (χ3v) is 6.21. The monoisotopic (exact) mass is 370 g/mol. The van der Waals surface area contributed by atoms with Crippen LogP contribution >= 0.6 is 0 Å². The Bertz CT molecular complexity index is 661. The van der Waals surface area contributed by atoms with Crippen LogP contribution in [0.3, 0.4) is 0 Å². The standard InChI is InChI=1S/C18H30N2O4S/c1-14(2)16-6-7-17(24-3)18(11-16)25(22,23)19-8-10-20-9-4-5-15(12-20)13-21/h6-7,11,14-15,19,21H,4-5,8-10,12-13H2,1-3H3/t15-/m0/s1. The molecule has 0 aromatic heterocycles. The Morgan fingerprint density at radius 1 is 1.40 bits per heavy atom. The van der Waals surface area contributed by atoms with Gasteiger partial charge < -0.3 is 14.7 Å². The van der Waals surface area contributed by atoms with Gasteiger partial charge in [-0.2, -0.15) is 0 Å². The summed E-state index contributed by atoms with van der Waals surface area (Å²) in [5, 5.41) is 9.29. The molecule has 2 rings (SSSR count). The van der Waals surface area contributed by atoms with Gasteiger partial charge in [0, 0.05) is 26.2 Å². The molecule has 1 aliphatic rings. The van der Waals surface area contributed by atoms with E-state index in [0.29, 0.717) is 24.8 Å². The molecule has 7 heteroatoms. The van der Waals surface area contributed by atoms with Gasteiger partial charge in [0.2, 0.25) is 10.0 Å². The van der Waals surface area contributed by atoms with Gasteiger partial charge in [0.15, 0.2) is 0 Å². The Hall–Kier alpha value is -1.15. The zero-order valence-corrected chi connectivity index (χ0v) is 16.2. The molecule has 0 aliphatic carbocycles. The molecule has 6 nitrogen and oxygen atoms in total. The smallest absolute Gasteiger partial charge is 0.244 e. The molecule has 1 aromatic rings. The number of rotatable bonds is 8. The minimum atomic E-state index is -3.63. The summed E-state index contributed by atoms with van der Waals surface area (Å²) in [6, 6.07) is 5.29. The second-order valence-electron chi connectivity index (χ2n) is 6.95. The number of hydrogen-bond acceptors (Lipinski definition) is 5. The fourth-order valence-corrected chi connectivity index (χ4v) is 4.40. The molecule has 1 aliphatic heterocycles. The van der Waals surface area contributed by atoms with E-state index in [4.69, 9.17) is 4.74 Å². The van der Waals surface area contributed by atoms with Gasteiger partial charge in [-0.05, 0) is 48.9 Å². The van der Waals surface area contributed by atoms with E-state index < -0.39 is 10.0 Å². The molecule has 0 amide bonds. The molecule has 142 valence electrons. The molecule has 2 N–H and O–H groups in total. The summed E-state index contributed by atoms with van der Waals surface area (Å²) in [5.41, 5.74) is 0.961. The first-order valence-corrected chi connectivity index (χ1v) is 10.4. The number of sulfonamides is 1. The van der Waals surface area contributed by atoms with Crippen molar-refractivity contribution < 1.29 is 18.3 Å². The predicted octanol–water partition coefficient (Wildman–Crippen LogP) is 1.80. The van der Waals surface area contributed by atoms with Crippen molar-refractivity contribution in [2.45, 2.75) is 37.5 Å². The van der Waals surface area contributed by atoms with E-state index >= 15 is 0 Å². The molecule has 25 heavy (non-hydrogen) atoms. The summed E-state index contributed by atoms with van der Waals surface area (Å²) >= 11 is 0. The van der Waals surface area contributed by atoms with Crippen molar-refractivity contribution in [1.82, 2.24) is 9.62 Å². The van der Waals surface area contributed by atoms with Gasteiger partial charge in [-0.25, -0.2) is 13.1 Å². The first kappa shape index (κ1) is 20.2. The number of aliphatic hydroxyl groups excluding tert-OH is 1. The lowest BCUT2D eigenvalue weighted by Gasteiger charge is -2.31. The Labute approximate surface area is 151 Å². The van der Waals surface area contributed by atoms with Crippen LogP contribution in [-0.4, -0.2) is 58.3 Å². The number of aliphatic hydroxyl groups is 1. The molecule has 0 radical (unpaired) electrons. The zero-order valence-electron chi connectivity index (χ0n) is 15.4. The summed E-state index contributed by atoms with van der Waals surface area (Å²) in [6.45, 7) is 7.01. The van der Waals surface area contributed by atoms with Crippen LogP contribution in [0.4, 0.5) is 0 Å². The van der Waals surface area contributed by atoms with E-state index in [1.54, 1.807) is 12.1 Å². The highest BCUT2D eigenvalue weighted by atomic mass is 32.2. The fourth-order valence-electron chi connectivity index (χ4n) is 3.18. The number of nitrogens with one attached hydrogen (secondary N) is 1. The third-order valence-electron chi connectivity index (χ3n) is 4.73. The maximum atomic E-state index is 12.7. The Morgan fingerprint density at radius 2 is 2.16 bits per heavy atom. The van der Waals surface area contributed by atoms with Crippen LogP contribution in [0.1, 0.15) is 38.2 Å². The van der Waals surface area contributed by atoms with Crippen LogP contribution < -0.4 is 9.46 Å². The predicted molar refractivity (Wildman–Crippen MR) is 98.5 cm³/mol. The lowest BCUT2D eigenvalue weighted by Crippen LogP contribution is -2.41. The number of hydrogen-bond donors (Lipinski definition) is 2. The van der Waals surface area contributed by atoms with Gasteiger partial charge in [0.1, 0.15) is 10.6 Å². The van der Waals surface area contributed by atoms with E-state index in [1.807, 2.05) is 19.9 Å². The lowest BCUT2D eigenvalue weighted by molar-refractivity contribution is 0.122. The summed E-state index contributed by atoms with van der Waals surface area (Å²) in [7, 11) is -2.15. The Kier molecular flexibility index (Phi) is 7.25. The maximum Gasteiger partial charge on any atom is 0.244 e. The Morgan fingerprint density at radius 3 is 2.80 bits per heavy atom. The van der Waals surface area contributed by atoms with Gasteiger partial charge >= 0.3 is 0 Å². The van der Waals surface area contributed by atoms with Crippen molar-refractivity contribution in [3.8, 4) is 5.75 Å². The molecule has 1 fully saturated rings. The van der Waals surface area contributed by atoms with E-state index in [0.717, 1.165) is 31.5 Å². The highest BCUT2D eigenvalue weighted by Gasteiger charge is 2.22. The van der Waals surface area contributed by atoms with Crippen molar-refractivity contribution in [3.05, 3.63) is 23.8 Å². The van der Waals surface area contributed by atoms with E-state index in [2.05, 4.69) is 9.62 Å². The quantitative estimate of drug-likeness (QED) is 0.729. The normalized spacial score (nSPS) is 19.3. The molecule has 1 aromatic carbocycles. The first-order valence-electron chi connectivity index (χ1n) is 8.88. The van der Waals surface area contributed by atoms with Crippen LogP contribution in [-0.2, 0) is 10.0 Å². The van der Waals surface area contributed by atoms with Crippen LogP contribution in [0.2, 0.25) is 0 Å². The van der Waals surface area contributed by atoms with Gasteiger partial charge in [0.05, 0.1) is 7.11 Å². The zero-order chi connectivity index (χ0) is 18.4. The number of ether oxygens (including phenoxy) is 1. The molecule has 1 atom stereocenters. The van der Waals surface area contributed by atoms with Crippen molar-refractivity contribution in [3.63, 3.8) is 0 Å². The molecule has 1 heterocycles. The molecule has 0 spiro atoms. The van der Waals surface area contributed by atoms with Crippen LogP contribution in [0.25, 0.3) is 0 Å².